The van der Waals surface area contributed by atoms with Crippen LogP contribution in [0.4, 0.5) is 0 Å². The van der Waals surface area contributed by atoms with Gasteiger partial charge in [-0.15, -0.1) is 0 Å². The zero-order valence-electron chi connectivity index (χ0n) is 17.3. The van der Waals surface area contributed by atoms with Crippen LogP contribution < -0.4 is 9.47 Å². The number of rotatable bonds is 8. The number of aliphatic hydroxyl groups is 1. The van der Waals surface area contributed by atoms with Gasteiger partial charge in [-0.2, -0.15) is 0 Å². The second kappa shape index (κ2) is 11.2. The van der Waals surface area contributed by atoms with Crippen molar-refractivity contribution in [1.82, 2.24) is 0 Å². The number of carbonyl (C=O) groups excluding carboxylic acids is 2. The van der Waals surface area contributed by atoms with E-state index in [0.717, 1.165) is 11.8 Å². The number of amides is 1. The van der Waals surface area contributed by atoms with E-state index in [1.54, 1.807) is 32.1 Å². The fourth-order valence-corrected chi connectivity index (χ4v) is 3.98. The van der Waals surface area contributed by atoms with Crippen molar-refractivity contribution in [3.8, 4) is 11.5 Å². The van der Waals surface area contributed by atoms with Crippen LogP contribution in [0, 0.1) is 0 Å². The van der Waals surface area contributed by atoms with Crippen molar-refractivity contribution in [2.75, 3.05) is 19.8 Å². The molecule has 1 amide bonds. The smallest absolute Gasteiger partial charge is 0.344 e. The first-order chi connectivity index (χ1) is 14.4. The van der Waals surface area contributed by atoms with E-state index in [1.165, 1.54) is 0 Å². The Morgan fingerprint density at radius 2 is 1.73 bits per heavy atom. The lowest BCUT2D eigenvalue weighted by molar-refractivity contribution is -0.138. The van der Waals surface area contributed by atoms with Crippen molar-refractivity contribution in [2.24, 2.45) is 4.99 Å². The van der Waals surface area contributed by atoms with Crippen LogP contribution in [0.1, 0.15) is 39.7 Å². The second-order valence-corrected chi connectivity index (χ2v) is 7.79. The van der Waals surface area contributed by atoms with Gasteiger partial charge in [-0.3, -0.25) is 4.79 Å². The zero-order valence-corrected chi connectivity index (χ0v) is 19.7. The molecular formula is C21H24BrNO6S. The quantitative estimate of drug-likeness (QED) is 0.502. The summed E-state index contributed by atoms with van der Waals surface area (Å²) in [6.45, 7) is 8.16. The van der Waals surface area contributed by atoms with Gasteiger partial charge < -0.3 is 19.3 Å². The molecule has 1 aromatic rings. The molecule has 1 aliphatic heterocycles. The Morgan fingerprint density at radius 1 is 1.10 bits per heavy atom. The lowest BCUT2D eigenvalue weighted by Gasteiger charge is -2.13. The van der Waals surface area contributed by atoms with Gasteiger partial charge in [0.1, 0.15) is 16.4 Å². The molecule has 162 valence electrons. The van der Waals surface area contributed by atoms with Gasteiger partial charge in [0.25, 0.3) is 0 Å². The minimum Gasteiger partial charge on any atom is -0.506 e. The molecule has 0 aromatic heterocycles. The van der Waals surface area contributed by atoms with Crippen molar-refractivity contribution in [3.05, 3.63) is 38.4 Å². The number of halogens is 1. The first-order valence-corrected chi connectivity index (χ1v) is 11.2. The maximum Gasteiger partial charge on any atom is 0.344 e. The first-order valence-electron chi connectivity index (χ1n) is 9.57. The van der Waals surface area contributed by atoms with Gasteiger partial charge in [-0.1, -0.05) is 34.6 Å². The van der Waals surface area contributed by atoms with Crippen LogP contribution in [0.15, 0.2) is 37.8 Å². The van der Waals surface area contributed by atoms with E-state index < -0.39 is 11.9 Å². The van der Waals surface area contributed by atoms with Gasteiger partial charge >= 0.3 is 5.97 Å². The molecule has 0 fully saturated rings. The van der Waals surface area contributed by atoms with Crippen LogP contribution in [0.5, 0.6) is 11.5 Å². The SMILES string of the molecule is CCOC(=O)C1=C(O)/C(=C/c2cc(OCC)c(OCC)cc2Br)SC1=NC(=O)CC. The molecule has 0 spiro atoms. The number of aliphatic hydroxyl groups excluding tert-OH is 1. The average Bonchev–Trinajstić information content (AvgIpc) is 3.00. The Hall–Kier alpha value is -2.26. The van der Waals surface area contributed by atoms with Gasteiger partial charge in [0.2, 0.25) is 5.91 Å². The Bertz CT molecular complexity index is 922. The minimum atomic E-state index is -0.727. The van der Waals surface area contributed by atoms with Crippen molar-refractivity contribution in [1.29, 1.82) is 0 Å². The summed E-state index contributed by atoms with van der Waals surface area (Å²) >= 11 is 4.54. The number of carbonyl (C=O) groups is 2. The van der Waals surface area contributed by atoms with Crippen LogP contribution in [0.25, 0.3) is 6.08 Å². The van der Waals surface area contributed by atoms with Crippen molar-refractivity contribution >= 4 is 50.7 Å². The van der Waals surface area contributed by atoms with Crippen LogP contribution in [0.3, 0.4) is 0 Å². The Balaban J connectivity index is 2.54. The average molecular weight is 498 g/mol. The second-order valence-electron chi connectivity index (χ2n) is 5.91. The van der Waals surface area contributed by atoms with Gasteiger partial charge in [-0.25, -0.2) is 9.79 Å². The minimum absolute atomic E-state index is 0.109. The van der Waals surface area contributed by atoms with Crippen LogP contribution in [-0.2, 0) is 14.3 Å². The number of thioether (sulfide) groups is 1. The van der Waals surface area contributed by atoms with E-state index >= 15 is 0 Å². The number of esters is 1. The third-order valence-electron chi connectivity index (χ3n) is 3.85. The summed E-state index contributed by atoms with van der Waals surface area (Å²) in [5, 5.41) is 10.8. The third-order valence-corrected chi connectivity index (χ3v) is 5.55. The summed E-state index contributed by atoms with van der Waals surface area (Å²) in [5.41, 5.74) is 0.587. The molecule has 30 heavy (non-hydrogen) atoms. The predicted molar refractivity (Wildman–Crippen MR) is 121 cm³/mol. The van der Waals surface area contributed by atoms with Crippen LogP contribution >= 0.6 is 27.7 Å². The molecule has 0 saturated heterocycles. The number of aliphatic imine (C=N–C) groups is 1. The highest BCUT2D eigenvalue weighted by molar-refractivity contribution is 9.10. The first kappa shape index (κ1) is 24.0. The fourth-order valence-electron chi connectivity index (χ4n) is 2.52. The summed E-state index contributed by atoms with van der Waals surface area (Å²) in [4.78, 5) is 28.5. The number of nitrogens with zero attached hydrogens (tertiary/aromatic N) is 1. The molecule has 0 radical (unpaired) electrons. The molecule has 1 aromatic carbocycles. The highest BCUT2D eigenvalue weighted by atomic mass is 79.9. The van der Waals surface area contributed by atoms with E-state index in [2.05, 4.69) is 20.9 Å². The van der Waals surface area contributed by atoms with Gasteiger partial charge in [0.15, 0.2) is 11.5 Å². The van der Waals surface area contributed by atoms with Gasteiger partial charge in [0, 0.05) is 10.9 Å². The molecule has 0 atom stereocenters. The Morgan fingerprint density at radius 3 is 2.30 bits per heavy atom. The lowest BCUT2D eigenvalue weighted by atomic mass is 10.1. The van der Waals surface area contributed by atoms with Crippen molar-refractivity contribution in [3.63, 3.8) is 0 Å². The van der Waals surface area contributed by atoms with Crippen molar-refractivity contribution in [2.45, 2.75) is 34.1 Å². The molecule has 0 bridgehead atoms. The molecule has 9 heteroatoms. The van der Waals surface area contributed by atoms with E-state index in [1.807, 2.05) is 13.8 Å². The highest BCUT2D eigenvalue weighted by Crippen LogP contribution is 2.41. The molecule has 2 rings (SSSR count). The number of hydrogen-bond donors (Lipinski definition) is 1. The van der Waals surface area contributed by atoms with Crippen molar-refractivity contribution < 1.29 is 28.9 Å². The zero-order chi connectivity index (χ0) is 22.3. The number of benzene rings is 1. The fraction of sp³-hybridized carbons (Fsp3) is 0.381. The maximum absolute atomic E-state index is 12.3. The maximum atomic E-state index is 12.3. The number of ether oxygens (including phenoxy) is 3. The highest BCUT2D eigenvalue weighted by Gasteiger charge is 2.33. The van der Waals surface area contributed by atoms with E-state index in [0.29, 0.717) is 39.7 Å². The molecular weight excluding hydrogens is 474 g/mol. The molecule has 0 unspecified atom stereocenters. The Kier molecular flexibility index (Phi) is 8.98. The molecule has 0 aliphatic carbocycles. The normalized spacial score (nSPS) is 16.3. The standard InChI is InChI=1S/C21H24BrNO6S/c1-5-17(24)23-20-18(21(26)29-8-4)19(25)16(30-20)10-12-9-14(27-6-2)15(28-7-3)11-13(12)22/h9-11,25H,5-8H2,1-4H3/b16-10-,23-20?. The topological polar surface area (TPSA) is 94.4 Å². The molecule has 7 nitrogen and oxygen atoms in total. The molecule has 0 saturated carbocycles. The summed E-state index contributed by atoms with van der Waals surface area (Å²) in [6, 6.07) is 3.55. The van der Waals surface area contributed by atoms with E-state index in [4.69, 9.17) is 14.2 Å². The van der Waals surface area contributed by atoms with Gasteiger partial charge in [-0.05, 0) is 44.5 Å². The lowest BCUT2D eigenvalue weighted by Crippen LogP contribution is -2.14. The molecule has 1 heterocycles. The summed E-state index contributed by atoms with van der Waals surface area (Å²) in [7, 11) is 0. The van der Waals surface area contributed by atoms with Crippen LogP contribution in [-0.4, -0.2) is 41.8 Å². The summed E-state index contributed by atoms with van der Waals surface area (Å²) in [5.74, 6) is -0.250. The Labute approximate surface area is 188 Å². The van der Waals surface area contributed by atoms with E-state index in [-0.39, 0.29) is 29.4 Å². The monoisotopic (exact) mass is 497 g/mol. The van der Waals surface area contributed by atoms with Crippen LogP contribution in [0.2, 0.25) is 0 Å². The van der Waals surface area contributed by atoms with Gasteiger partial charge in [0.05, 0.1) is 24.7 Å². The summed E-state index contributed by atoms with van der Waals surface area (Å²) < 4.78 is 17.0. The third kappa shape index (κ3) is 5.66. The number of hydrogen-bond acceptors (Lipinski definition) is 7. The predicted octanol–water partition coefficient (Wildman–Crippen LogP) is 5.04. The van der Waals surface area contributed by atoms with E-state index in [9.17, 15) is 14.7 Å². The molecule has 1 aliphatic rings. The molecule has 1 N–H and O–H groups in total. The largest absolute Gasteiger partial charge is 0.506 e. The summed E-state index contributed by atoms with van der Waals surface area (Å²) in [6.07, 6.45) is 1.86.